The number of urea groups is 1. The van der Waals surface area contributed by atoms with Gasteiger partial charge >= 0.3 is 6.03 Å². The molecule has 0 fully saturated rings. The number of nitro benzene ring substituents is 1. The number of pyridine rings is 2. The van der Waals surface area contributed by atoms with Crippen molar-refractivity contribution < 1.29 is 9.72 Å². The Bertz CT molecular complexity index is 985. The van der Waals surface area contributed by atoms with E-state index in [-0.39, 0.29) is 5.69 Å². The van der Waals surface area contributed by atoms with Gasteiger partial charge in [0.15, 0.2) is 5.65 Å². The number of carbonyl (C=O) groups is 1. The van der Waals surface area contributed by atoms with Crippen LogP contribution in [0.25, 0.3) is 11.0 Å². The number of primary amides is 1. The quantitative estimate of drug-likeness (QED) is 0.581. The molecule has 2 aromatic heterocycles. The number of hydrogen-bond donors (Lipinski definition) is 1. The fourth-order valence-electron chi connectivity index (χ4n) is 2.64. The highest BCUT2D eigenvalue weighted by molar-refractivity contribution is 5.98. The number of nitrogens with two attached hydrogens (primary N) is 1. The van der Waals surface area contributed by atoms with Crippen molar-refractivity contribution in [2.45, 2.75) is 13.8 Å². The van der Waals surface area contributed by atoms with Gasteiger partial charge in [0.2, 0.25) is 0 Å². The number of benzene rings is 1. The highest BCUT2D eigenvalue weighted by Crippen LogP contribution is 2.27. The van der Waals surface area contributed by atoms with E-state index in [1.54, 1.807) is 6.07 Å². The van der Waals surface area contributed by atoms with Crippen molar-refractivity contribution in [2.24, 2.45) is 5.73 Å². The van der Waals surface area contributed by atoms with Crippen LogP contribution in [0, 0.1) is 24.0 Å². The lowest BCUT2D eigenvalue weighted by Gasteiger charge is -2.19. The highest BCUT2D eigenvalue weighted by Gasteiger charge is 2.18. The zero-order valence-corrected chi connectivity index (χ0v) is 13.6. The molecule has 126 valence electrons. The molecule has 0 atom stereocenters. The summed E-state index contributed by atoms with van der Waals surface area (Å²) in [6, 6.07) is 10.2. The smallest absolute Gasteiger partial charge is 0.325 e. The van der Waals surface area contributed by atoms with Gasteiger partial charge in [0.1, 0.15) is 5.82 Å². The number of aryl methyl sites for hydroxylation is 2. The average molecular weight is 337 g/mol. The van der Waals surface area contributed by atoms with Crippen molar-refractivity contribution in [2.75, 3.05) is 4.90 Å². The van der Waals surface area contributed by atoms with E-state index < -0.39 is 11.0 Å². The van der Waals surface area contributed by atoms with Crippen molar-refractivity contribution in [3.8, 4) is 0 Å². The van der Waals surface area contributed by atoms with E-state index in [0.717, 1.165) is 16.6 Å². The Morgan fingerprint density at radius 2 is 1.80 bits per heavy atom. The molecule has 0 saturated heterocycles. The third kappa shape index (κ3) is 3.09. The number of nitrogens with zero attached hydrogens (tertiary/aromatic N) is 4. The van der Waals surface area contributed by atoms with Crippen LogP contribution in [0.2, 0.25) is 0 Å². The second-order valence-corrected chi connectivity index (χ2v) is 5.57. The summed E-state index contributed by atoms with van der Waals surface area (Å²) in [5.41, 5.74) is 8.15. The van der Waals surface area contributed by atoms with E-state index in [1.165, 1.54) is 29.2 Å². The van der Waals surface area contributed by atoms with Crippen molar-refractivity contribution in [3.63, 3.8) is 0 Å². The van der Waals surface area contributed by atoms with Gasteiger partial charge in [0.25, 0.3) is 5.69 Å². The number of hydrogen-bond acceptors (Lipinski definition) is 5. The summed E-state index contributed by atoms with van der Waals surface area (Å²) >= 11 is 0. The lowest BCUT2D eigenvalue weighted by Crippen LogP contribution is -2.32. The normalized spacial score (nSPS) is 10.6. The second-order valence-electron chi connectivity index (χ2n) is 5.57. The van der Waals surface area contributed by atoms with E-state index >= 15 is 0 Å². The Morgan fingerprint density at radius 3 is 2.40 bits per heavy atom. The first-order valence-electron chi connectivity index (χ1n) is 7.46. The molecular formula is C17H15N5O3. The monoisotopic (exact) mass is 337 g/mol. The zero-order chi connectivity index (χ0) is 18.1. The lowest BCUT2D eigenvalue weighted by molar-refractivity contribution is -0.384. The largest absolute Gasteiger partial charge is 0.351 e. The number of rotatable bonds is 3. The molecule has 0 bridgehead atoms. The van der Waals surface area contributed by atoms with E-state index in [0.29, 0.717) is 17.2 Å². The standard InChI is InChI=1S/C17H15N5O3/c1-10-9-11(2)19-16-14(10)7-8-15(20-16)21(17(18)23)12-3-5-13(6-4-12)22(24)25/h3-9H,1-2H3,(H2,18,23). The van der Waals surface area contributed by atoms with Crippen LogP contribution in [0.3, 0.4) is 0 Å². The number of carbonyl (C=O) groups excluding carboxylic acids is 1. The van der Waals surface area contributed by atoms with Crippen molar-refractivity contribution in [1.82, 2.24) is 9.97 Å². The number of amides is 2. The summed E-state index contributed by atoms with van der Waals surface area (Å²) in [4.78, 5) is 32.2. The molecule has 3 aromatic rings. The molecule has 1 aromatic carbocycles. The molecule has 25 heavy (non-hydrogen) atoms. The van der Waals surface area contributed by atoms with Gasteiger partial charge in [-0.3, -0.25) is 10.1 Å². The van der Waals surface area contributed by atoms with Crippen LogP contribution in [-0.4, -0.2) is 20.9 Å². The summed E-state index contributed by atoms with van der Waals surface area (Å²) < 4.78 is 0. The molecule has 0 saturated carbocycles. The van der Waals surface area contributed by atoms with Crippen molar-refractivity contribution in [3.05, 3.63) is 63.8 Å². The number of fused-ring (bicyclic) bond motifs is 1. The third-order valence-electron chi connectivity index (χ3n) is 3.76. The van der Waals surface area contributed by atoms with Crippen LogP contribution in [0.4, 0.5) is 22.0 Å². The van der Waals surface area contributed by atoms with Crippen LogP contribution in [0.1, 0.15) is 11.3 Å². The van der Waals surface area contributed by atoms with E-state index in [2.05, 4.69) is 9.97 Å². The van der Waals surface area contributed by atoms with Gasteiger partial charge in [0, 0.05) is 23.2 Å². The lowest BCUT2D eigenvalue weighted by atomic mass is 10.1. The number of non-ortho nitro benzene ring substituents is 1. The van der Waals surface area contributed by atoms with Crippen molar-refractivity contribution in [1.29, 1.82) is 0 Å². The molecule has 8 heteroatoms. The zero-order valence-electron chi connectivity index (χ0n) is 13.6. The SMILES string of the molecule is Cc1cc(C)c2ccc(N(C(N)=O)c3ccc([N+](=O)[O-])cc3)nc2n1. The maximum atomic E-state index is 11.9. The maximum Gasteiger partial charge on any atom is 0.325 e. The third-order valence-corrected chi connectivity index (χ3v) is 3.76. The molecule has 2 amide bonds. The fraction of sp³-hybridized carbons (Fsp3) is 0.118. The van der Waals surface area contributed by atoms with Crippen LogP contribution >= 0.6 is 0 Å². The Labute approximate surface area is 143 Å². The first-order chi connectivity index (χ1) is 11.9. The first kappa shape index (κ1) is 16.3. The summed E-state index contributed by atoms with van der Waals surface area (Å²) in [5.74, 6) is 0.298. The van der Waals surface area contributed by atoms with Crippen molar-refractivity contribution >= 4 is 34.3 Å². The molecule has 0 unspecified atom stereocenters. The van der Waals surface area contributed by atoms with E-state index in [9.17, 15) is 14.9 Å². The molecule has 0 spiro atoms. The van der Waals surface area contributed by atoms with E-state index in [4.69, 9.17) is 5.73 Å². The summed E-state index contributed by atoms with van der Waals surface area (Å²) in [7, 11) is 0. The molecule has 0 aliphatic rings. The minimum atomic E-state index is -0.745. The number of aromatic nitrogens is 2. The predicted octanol–water partition coefficient (Wildman–Crippen LogP) is 3.37. The van der Waals surface area contributed by atoms with Gasteiger partial charge in [-0.1, -0.05) is 0 Å². The summed E-state index contributed by atoms with van der Waals surface area (Å²) in [6.07, 6.45) is 0. The van der Waals surface area contributed by atoms with Crippen LogP contribution in [0.15, 0.2) is 42.5 Å². The molecule has 2 N–H and O–H groups in total. The van der Waals surface area contributed by atoms with Gasteiger partial charge in [-0.15, -0.1) is 0 Å². The van der Waals surface area contributed by atoms with Gasteiger partial charge < -0.3 is 5.73 Å². The summed E-state index contributed by atoms with van der Waals surface area (Å²) in [6.45, 7) is 3.82. The van der Waals surface area contributed by atoms with Crippen LogP contribution in [0.5, 0.6) is 0 Å². The van der Waals surface area contributed by atoms with Gasteiger partial charge in [0.05, 0.1) is 10.6 Å². The number of anilines is 2. The van der Waals surface area contributed by atoms with Gasteiger partial charge in [-0.25, -0.2) is 19.7 Å². The minimum absolute atomic E-state index is 0.0763. The van der Waals surface area contributed by atoms with Gasteiger partial charge in [-0.05, 0) is 49.7 Å². The molecule has 0 radical (unpaired) electrons. The topological polar surface area (TPSA) is 115 Å². The molecule has 0 aliphatic carbocycles. The molecule has 8 nitrogen and oxygen atoms in total. The average Bonchev–Trinajstić information content (AvgIpc) is 2.54. The fourth-order valence-corrected chi connectivity index (χ4v) is 2.64. The van der Waals surface area contributed by atoms with Crippen LogP contribution < -0.4 is 10.6 Å². The molecular weight excluding hydrogens is 322 g/mol. The van der Waals surface area contributed by atoms with E-state index in [1.807, 2.05) is 26.0 Å². The van der Waals surface area contributed by atoms with Gasteiger partial charge in [-0.2, -0.15) is 0 Å². The highest BCUT2D eigenvalue weighted by atomic mass is 16.6. The molecule has 2 heterocycles. The summed E-state index contributed by atoms with van der Waals surface area (Å²) in [5, 5.41) is 11.7. The Hall–Kier alpha value is -3.55. The maximum absolute atomic E-state index is 11.9. The Balaban J connectivity index is 2.10. The predicted molar refractivity (Wildman–Crippen MR) is 93.8 cm³/mol. The number of nitro groups is 1. The molecule has 3 rings (SSSR count). The van der Waals surface area contributed by atoms with Crippen LogP contribution in [-0.2, 0) is 0 Å². The minimum Gasteiger partial charge on any atom is -0.351 e. The Kier molecular flexibility index (Phi) is 4.02. The second kappa shape index (κ2) is 6.16. The first-order valence-corrected chi connectivity index (χ1v) is 7.46. The molecule has 0 aliphatic heterocycles. The Morgan fingerprint density at radius 1 is 1.12 bits per heavy atom.